The minimum absolute atomic E-state index is 0.0928. The number of amides is 1. The number of nitrogens with one attached hydrogen (secondary N) is 1. The molecule has 1 amide bonds. The van der Waals surface area contributed by atoms with Crippen LogP contribution in [0.4, 0.5) is 10.3 Å². The van der Waals surface area contributed by atoms with Gasteiger partial charge in [-0.15, -0.1) is 0 Å². The first kappa shape index (κ1) is 18.6. The summed E-state index contributed by atoms with van der Waals surface area (Å²) >= 11 is 1.83. The van der Waals surface area contributed by atoms with Gasteiger partial charge in [-0.25, -0.2) is 19.3 Å². The highest BCUT2D eigenvalue weighted by Crippen LogP contribution is 2.27. The second-order valence-electron chi connectivity index (χ2n) is 6.45. The van der Waals surface area contributed by atoms with Crippen molar-refractivity contribution in [2.24, 2.45) is 0 Å². The van der Waals surface area contributed by atoms with E-state index < -0.39 is 0 Å². The highest BCUT2D eigenvalue weighted by atomic mass is 32.2. The highest BCUT2D eigenvalue weighted by molar-refractivity contribution is 7.99. The fraction of sp³-hybridized carbons (Fsp3) is 0.300. The molecule has 1 aromatic carbocycles. The van der Waals surface area contributed by atoms with E-state index in [-0.39, 0.29) is 11.7 Å². The molecule has 0 spiro atoms. The van der Waals surface area contributed by atoms with E-state index in [1.807, 2.05) is 23.6 Å². The Morgan fingerprint density at radius 3 is 2.68 bits per heavy atom. The van der Waals surface area contributed by atoms with E-state index in [9.17, 15) is 9.18 Å². The Morgan fingerprint density at radius 1 is 1.21 bits per heavy atom. The van der Waals surface area contributed by atoms with E-state index >= 15 is 0 Å². The van der Waals surface area contributed by atoms with Crippen LogP contribution in [-0.4, -0.2) is 56.9 Å². The second-order valence-corrected chi connectivity index (χ2v) is 7.67. The second kappa shape index (κ2) is 8.10. The van der Waals surface area contributed by atoms with Crippen LogP contribution in [0.5, 0.6) is 0 Å². The average Bonchev–Trinajstić information content (AvgIpc) is 2.74. The first-order valence-electron chi connectivity index (χ1n) is 9.19. The molecule has 1 fully saturated rings. The Bertz CT molecular complexity index is 1010. The maximum Gasteiger partial charge on any atom is 0.254 e. The lowest BCUT2D eigenvalue weighted by molar-refractivity contribution is 0.0774. The standard InChI is InChI=1S/C20H20FN5OS/c1-2-22-20-23-11-13(12-24-20)18-10-16(19(27)26-5-7-28-8-6-26)15-9-14(21)3-4-17(15)25-18/h3-4,9-12H,2,5-8H2,1H3,(H,22,23,24). The van der Waals surface area contributed by atoms with E-state index in [0.29, 0.717) is 46.8 Å². The topological polar surface area (TPSA) is 71.0 Å². The summed E-state index contributed by atoms with van der Waals surface area (Å²) in [5.74, 6) is 1.88. The van der Waals surface area contributed by atoms with Crippen molar-refractivity contribution in [3.05, 3.63) is 48.0 Å². The summed E-state index contributed by atoms with van der Waals surface area (Å²) in [6.07, 6.45) is 3.35. The number of hydrogen-bond acceptors (Lipinski definition) is 6. The summed E-state index contributed by atoms with van der Waals surface area (Å²) in [4.78, 5) is 28.2. The summed E-state index contributed by atoms with van der Waals surface area (Å²) in [6, 6.07) is 6.06. The fourth-order valence-corrected chi connectivity index (χ4v) is 4.07. The molecule has 3 aromatic rings. The van der Waals surface area contributed by atoms with E-state index in [0.717, 1.165) is 18.1 Å². The van der Waals surface area contributed by atoms with Crippen molar-refractivity contribution in [1.29, 1.82) is 0 Å². The van der Waals surface area contributed by atoms with Gasteiger partial charge in [0, 0.05) is 54.5 Å². The van der Waals surface area contributed by atoms with Crippen LogP contribution >= 0.6 is 11.8 Å². The Labute approximate surface area is 166 Å². The van der Waals surface area contributed by atoms with Crippen molar-refractivity contribution in [1.82, 2.24) is 19.9 Å². The van der Waals surface area contributed by atoms with Gasteiger partial charge in [0.25, 0.3) is 5.91 Å². The van der Waals surface area contributed by atoms with Gasteiger partial charge in [-0.1, -0.05) is 0 Å². The third kappa shape index (κ3) is 3.77. The molecule has 0 atom stereocenters. The van der Waals surface area contributed by atoms with Gasteiger partial charge in [0.1, 0.15) is 5.82 Å². The lowest BCUT2D eigenvalue weighted by Gasteiger charge is -2.27. The molecule has 0 saturated carbocycles. The number of hydrogen-bond donors (Lipinski definition) is 1. The molecule has 144 valence electrons. The lowest BCUT2D eigenvalue weighted by atomic mass is 10.0. The molecule has 0 radical (unpaired) electrons. The van der Waals surface area contributed by atoms with Gasteiger partial charge in [0.05, 0.1) is 16.8 Å². The third-order valence-corrected chi connectivity index (χ3v) is 5.52. The molecule has 4 rings (SSSR count). The molecule has 0 bridgehead atoms. The summed E-state index contributed by atoms with van der Waals surface area (Å²) in [6.45, 7) is 4.08. The van der Waals surface area contributed by atoms with E-state index in [1.54, 1.807) is 24.5 Å². The largest absolute Gasteiger partial charge is 0.355 e. The van der Waals surface area contributed by atoms with Gasteiger partial charge in [-0.05, 0) is 31.2 Å². The number of pyridine rings is 1. The summed E-state index contributed by atoms with van der Waals surface area (Å²) < 4.78 is 13.9. The molecule has 3 heterocycles. The molecule has 0 aliphatic carbocycles. The van der Waals surface area contributed by atoms with Crippen molar-refractivity contribution >= 4 is 34.5 Å². The predicted molar refractivity (Wildman–Crippen MR) is 110 cm³/mol. The van der Waals surface area contributed by atoms with Crippen molar-refractivity contribution in [3.63, 3.8) is 0 Å². The van der Waals surface area contributed by atoms with Gasteiger partial charge >= 0.3 is 0 Å². The Balaban J connectivity index is 1.80. The van der Waals surface area contributed by atoms with E-state index in [2.05, 4.69) is 20.3 Å². The average molecular weight is 397 g/mol. The molecule has 1 aliphatic heterocycles. The number of nitrogens with zero attached hydrogens (tertiary/aromatic N) is 4. The quantitative estimate of drug-likeness (QED) is 0.727. The number of thioether (sulfide) groups is 1. The first-order chi connectivity index (χ1) is 13.7. The van der Waals surface area contributed by atoms with Crippen molar-refractivity contribution in [2.45, 2.75) is 6.92 Å². The van der Waals surface area contributed by atoms with Crippen LogP contribution in [0.3, 0.4) is 0 Å². The van der Waals surface area contributed by atoms with Gasteiger partial charge in [0.15, 0.2) is 0 Å². The number of carbonyl (C=O) groups is 1. The molecule has 6 nitrogen and oxygen atoms in total. The molecule has 28 heavy (non-hydrogen) atoms. The highest BCUT2D eigenvalue weighted by Gasteiger charge is 2.22. The van der Waals surface area contributed by atoms with Crippen LogP contribution in [0.2, 0.25) is 0 Å². The van der Waals surface area contributed by atoms with Gasteiger partial charge in [-0.2, -0.15) is 11.8 Å². The number of halogens is 1. The van der Waals surface area contributed by atoms with E-state index in [1.165, 1.54) is 12.1 Å². The summed E-state index contributed by atoms with van der Waals surface area (Å²) in [7, 11) is 0. The lowest BCUT2D eigenvalue weighted by Crippen LogP contribution is -2.38. The number of anilines is 1. The zero-order chi connectivity index (χ0) is 19.5. The van der Waals surface area contributed by atoms with Crippen LogP contribution in [0.1, 0.15) is 17.3 Å². The predicted octanol–water partition coefficient (Wildman–Crippen LogP) is 3.45. The zero-order valence-corrected chi connectivity index (χ0v) is 16.3. The number of fused-ring (bicyclic) bond motifs is 1. The van der Waals surface area contributed by atoms with Crippen LogP contribution in [0.15, 0.2) is 36.7 Å². The van der Waals surface area contributed by atoms with Crippen LogP contribution in [0.25, 0.3) is 22.2 Å². The van der Waals surface area contributed by atoms with Crippen LogP contribution in [0, 0.1) is 5.82 Å². The Kier molecular flexibility index (Phi) is 5.38. The molecular formula is C20H20FN5OS. The monoisotopic (exact) mass is 397 g/mol. The zero-order valence-electron chi connectivity index (χ0n) is 15.5. The minimum Gasteiger partial charge on any atom is -0.355 e. The fourth-order valence-electron chi connectivity index (χ4n) is 3.17. The molecule has 1 saturated heterocycles. The minimum atomic E-state index is -0.386. The maximum absolute atomic E-state index is 13.9. The molecule has 1 aliphatic rings. The number of carbonyl (C=O) groups excluding carboxylic acids is 1. The molecular weight excluding hydrogens is 377 g/mol. The number of benzene rings is 1. The Morgan fingerprint density at radius 2 is 1.96 bits per heavy atom. The van der Waals surface area contributed by atoms with Crippen LogP contribution in [-0.2, 0) is 0 Å². The summed E-state index contributed by atoms with van der Waals surface area (Å²) in [5, 5.41) is 3.57. The molecule has 2 aromatic heterocycles. The third-order valence-electron chi connectivity index (χ3n) is 4.58. The number of rotatable bonds is 4. The van der Waals surface area contributed by atoms with E-state index in [4.69, 9.17) is 0 Å². The Hall–Kier alpha value is -2.74. The number of aromatic nitrogens is 3. The molecule has 0 unspecified atom stereocenters. The summed E-state index contributed by atoms with van der Waals surface area (Å²) in [5.41, 5.74) is 2.33. The smallest absolute Gasteiger partial charge is 0.254 e. The molecule has 1 N–H and O–H groups in total. The SMILES string of the molecule is CCNc1ncc(-c2cc(C(=O)N3CCSCC3)c3cc(F)ccc3n2)cn1. The normalized spacial score (nSPS) is 14.3. The van der Waals surface area contributed by atoms with Gasteiger partial charge in [-0.3, -0.25) is 4.79 Å². The van der Waals surface area contributed by atoms with Crippen molar-refractivity contribution < 1.29 is 9.18 Å². The molecule has 8 heteroatoms. The van der Waals surface area contributed by atoms with Crippen LogP contribution < -0.4 is 5.32 Å². The van der Waals surface area contributed by atoms with Crippen molar-refractivity contribution in [3.8, 4) is 11.3 Å². The maximum atomic E-state index is 13.9. The van der Waals surface area contributed by atoms with Gasteiger partial charge in [0.2, 0.25) is 5.95 Å². The first-order valence-corrected chi connectivity index (χ1v) is 10.3. The van der Waals surface area contributed by atoms with Crippen molar-refractivity contribution in [2.75, 3.05) is 36.5 Å². The van der Waals surface area contributed by atoms with Gasteiger partial charge < -0.3 is 10.2 Å².